The van der Waals surface area contributed by atoms with E-state index in [1.807, 2.05) is 0 Å². The molecule has 1 N–H and O–H groups in total. The zero-order chi connectivity index (χ0) is 19.1. The number of carbonyl (C=O) groups excluding carboxylic acids is 2. The molecule has 0 fully saturated rings. The molecule has 26 heavy (non-hydrogen) atoms. The van der Waals surface area contributed by atoms with Crippen LogP contribution in [-0.2, 0) is 9.53 Å². The first-order chi connectivity index (χ1) is 12.4. The molecule has 0 aliphatic rings. The second-order valence-electron chi connectivity index (χ2n) is 5.20. The number of para-hydroxylation sites is 1. The zero-order valence-electron chi connectivity index (χ0n) is 13.7. The molecule has 0 radical (unpaired) electrons. The Balaban J connectivity index is 2.30. The van der Waals surface area contributed by atoms with Crippen molar-refractivity contribution in [1.82, 2.24) is 5.32 Å². The quantitative estimate of drug-likeness (QED) is 0.735. The lowest BCUT2D eigenvalue weighted by molar-refractivity contribution is -0.141. The molecule has 8 heteroatoms. The summed E-state index contributed by atoms with van der Waals surface area (Å²) in [4.78, 5) is 24.3. The summed E-state index contributed by atoms with van der Waals surface area (Å²) in [5.74, 6) is -1.52. The van der Waals surface area contributed by atoms with Crippen LogP contribution in [0.3, 0.4) is 0 Å². The number of carbonyl (C=O) groups is 2. The van der Waals surface area contributed by atoms with Gasteiger partial charge in [-0.1, -0.05) is 41.9 Å². The van der Waals surface area contributed by atoms with Crippen molar-refractivity contribution in [2.45, 2.75) is 19.1 Å². The van der Waals surface area contributed by atoms with Crippen LogP contribution in [0.5, 0.6) is 5.75 Å². The Morgan fingerprint density at radius 3 is 2.42 bits per heavy atom. The molecular formula is C18H16ClF2NO4. The number of halogens is 3. The van der Waals surface area contributed by atoms with Gasteiger partial charge in [-0.05, 0) is 23.8 Å². The molecule has 1 amide bonds. The third-order valence-electron chi connectivity index (χ3n) is 3.53. The first-order valence-electron chi connectivity index (χ1n) is 7.58. The number of alkyl halides is 2. The molecule has 5 nitrogen and oxygen atoms in total. The van der Waals surface area contributed by atoms with E-state index in [0.29, 0.717) is 10.6 Å². The number of amides is 1. The van der Waals surface area contributed by atoms with Gasteiger partial charge >= 0.3 is 12.6 Å². The average molecular weight is 384 g/mol. The van der Waals surface area contributed by atoms with Crippen LogP contribution in [0.2, 0.25) is 5.02 Å². The lowest BCUT2D eigenvalue weighted by Gasteiger charge is -2.20. The fraction of sp³-hybridized carbons (Fsp3) is 0.222. The van der Waals surface area contributed by atoms with E-state index in [1.165, 1.54) is 31.4 Å². The van der Waals surface area contributed by atoms with Crippen molar-refractivity contribution in [2.24, 2.45) is 0 Å². The summed E-state index contributed by atoms with van der Waals surface area (Å²) in [5, 5.41) is 2.97. The van der Waals surface area contributed by atoms with Crippen LogP contribution in [0.25, 0.3) is 0 Å². The van der Waals surface area contributed by atoms with Crippen molar-refractivity contribution in [3.05, 3.63) is 64.7 Å². The van der Waals surface area contributed by atoms with Gasteiger partial charge in [-0.3, -0.25) is 9.59 Å². The first-order valence-corrected chi connectivity index (χ1v) is 7.96. The Bertz CT molecular complexity index is 785. The Labute approximate surface area is 153 Å². The summed E-state index contributed by atoms with van der Waals surface area (Å²) in [6.07, 6.45) is -0.177. The number of esters is 1. The Hall–Kier alpha value is -2.67. The molecule has 0 aromatic heterocycles. The maximum atomic E-state index is 12.6. The predicted molar refractivity (Wildman–Crippen MR) is 91.4 cm³/mol. The van der Waals surface area contributed by atoms with E-state index in [0.717, 1.165) is 0 Å². The molecule has 0 saturated carbocycles. The number of benzene rings is 2. The van der Waals surface area contributed by atoms with Crippen molar-refractivity contribution in [3.8, 4) is 5.75 Å². The second kappa shape index (κ2) is 9.15. The van der Waals surface area contributed by atoms with Gasteiger partial charge in [0.25, 0.3) is 5.91 Å². The fourth-order valence-electron chi connectivity index (χ4n) is 2.34. The van der Waals surface area contributed by atoms with E-state index in [4.69, 9.17) is 11.6 Å². The van der Waals surface area contributed by atoms with Gasteiger partial charge in [0.15, 0.2) is 0 Å². The molecule has 138 valence electrons. The molecule has 1 unspecified atom stereocenters. The Kier molecular flexibility index (Phi) is 6.91. The van der Waals surface area contributed by atoms with E-state index in [-0.39, 0.29) is 17.7 Å². The van der Waals surface area contributed by atoms with Crippen molar-refractivity contribution < 1.29 is 27.8 Å². The molecule has 0 heterocycles. The molecule has 0 saturated heterocycles. The van der Waals surface area contributed by atoms with Crippen LogP contribution >= 0.6 is 11.6 Å². The average Bonchev–Trinajstić information content (AvgIpc) is 2.61. The van der Waals surface area contributed by atoms with E-state index in [2.05, 4.69) is 14.8 Å². The maximum Gasteiger partial charge on any atom is 0.387 e. The van der Waals surface area contributed by atoms with Gasteiger partial charge in [0.1, 0.15) is 5.75 Å². The molecule has 0 spiro atoms. The third-order valence-corrected chi connectivity index (χ3v) is 3.88. The summed E-state index contributed by atoms with van der Waals surface area (Å²) in [7, 11) is 1.22. The summed E-state index contributed by atoms with van der Waals surface area (Å²) >= 11 is 6.15. The molecule has 0 aliphatic heterocycles. The summed E-state index contributed by atoms with van der Waals surface area (Å²) in [5.41, 5.74) is 0.412. The molecular weight excluding hydrogens is 368 g/mol. The molecule has 0 bridgehead atoms. The Morgan fingerprint density at radius 2 is 1.77 bits per heavy atom. The molecule has 0 aliphatic carbocycles. The largest absolute Gasteiger partial charge is 0.469 e. The van der Waals surface area contributed by atoms with Crippen LogP contribution in [0.4, 0.5) is 8.78 Å². The van der Waals surface area contributed by atoms with Crippen LogP contribution < -0.4 is 10.1 Å². The minimum atomic E-state index is -3.07. The second-order valence-corrected chi connectivity index (χ2v) is 5.61. The standard InChI is InChI=1S/C18H16ClF2NO4/c1-25-16(23)10-14(11-6-2-4-8-13(11)19)22-17(24)12-7-3-5-9-15(12)26-18(20)21/h2-9,14,18H,10H2,1H3,(H,22,24). The van der Waals surface area contributed by atoms with Gasteiger partial charge in [0.2, 0.25) is 0 Å². The number of hydrogen-bond acceptors (Lipinski definition) is 4. The van der Waals surface area contributed by atoms with Crippen molar-refractivity contribution in [2.75, 3.05) is 7.11 Å². The summed E-state index contributed by atoms with van der Waals surface area (Å²) < 4.78 is 34.1. The minimum absolute atomic E-state index is 0.0882. The van der Waals surface area contributed by atoms with Gasteiger partial charge in [-0.25, -0.2) is 0 Å². The lowest BCUT2D eigenvalue weighted by Crippen LogP contribution is -2.31. The highest BCUT2D eigenvalue weighted by Crippen LogP contribution is 2.27. The van der Waals surface area contributed by atoms with Gasteiger partial charge in [-0.2, -0.15) is 8.78 Å². The monoisotopic (exact) mass is 383 g/mol. The van der Waals surface area contributed by atoms with Crippen LogP contribution in [0.1, 0.15) is 28.4 Å². The molecule has 2 rings (SSSR count). The highest BCUT2D eigenvalue weighted by Gasteiger charge is 2.23. The van der Waals surface area contributed by atoms with Crippen molar-refractivity contribution in [1.29, 1.82) is 0 Å². The topological polar surface area (TPSA) is 64.6 Å². The zero-order valence-corrected chi connectivity index (χ0v) is 14.5. The van der Waals surface area contributed by atoms with E-state index >= 15 is 0 Å². The van der Waals surface area contributed by atoms with E-state index < -0.39 is 24.5 Å². The number of nitrogens with one attached hydrogen (secondary N) is 1. The Morgan fingerprint density at radius 1 is 1.12 bits per heavy atom. The van der Waals surface area contributed by atoms with E-state index in [1.54, 1.807) is 24.3 Å². The smallest absolute Gasteiger partial charge is 0.387 e. The highest BCUT2D eigenvalue weighted by molar-refractivity contribution is 6.31. The summed E-state index contributed by atoms with van der Waals surface area (Å²) in [6.45, 7) is -3.07. The molecule has 1 atom stereocenters. The maximum absolute atomic E-state index is 12.6. The van der Waals surface area contributed by atoms with Crippen LogP contribution in [0, 0.1) is 0 Å². The minimum Gasteiger partial charge on any atom is -0.469 e. The number of methoxy groups -OCH3 is 1. The lowest BCUT2D eigenvalue weighted by atomic mass is 10.0. The number of hydrogen-bond donors (Lipinski definition) is 1. The van der Waals surface area contributed by atoms with E-state index in [9.17, 15) is 18.4 Å². The normalized spacial score (nSPS) is 11.7. The summed E-state index contributed by atoms with van der Waals surface area (Å²) in [6, 6.07) is 11.4. The molecule has 2 aromatic rings. The third kappa shape index (κ3) is 5.16. The van der Waals surface area contributed by atoms with Crippen LogP contribution in [-0.4, -0.2) is 25.6 Å². The number of ether oxygens (including phenoxy) is 2. The van der Waals surface area contributed by atoms with Crippen molar-refractivity contribution >= 4 is 23.5 Å². The van der Waals surface area contributed by atoms with Gasteiger partial charge < -0.3 is 14.8 Å². The van der Waals surface area contributed by atoms with Crippen molar-refractivity contribution in [3.63, 3.8) is 0 Å². The predicted octanol–water partition coefficient (Wildman–Crippen LogP) is 3.98. The molecule has 2 aromatic carbocycles. The highest BCUT2D eigenvalue weighted by atomic mass is 35.5. The van der Waals surface area contributed by atoms with Gasteiger partial charge in [0, 0.05) is 5.02 Å². The first kappa shape index (κ1) is 19.7. The number of rotatable bonds is 7. The SMILES string of the molecule is COC(=O)CC(NC(=O)c1ccccc1OC(F)F)c1ccccc1Cl. The fourth-order valence-corrected chi connectivity index (χ4v) is 2.60. The van der Waals surface area contributed by atoms with Gasteiger partial charge in [-0.15, -0.1) is 0 Å². The van der Waals surface area contributed by atoms with Gasteiger partial charge in [0.05, 0.1) is 25.1 Å². The van der Waals surface area contributed by atoms with Crippen LogP contribution in [0.15, 0.2) is 48.5 Å².